The molecule has 1 amide bonds. The minimum Gasteiger partial charge on any atom is -0.495 e. The van der Waals surface area contributed by atoms with Gasteiger partial charge in [-0.25, -0.2) is 0 Å². The molecule has 0 aliphatic carbocycles. The number of rotatable bonds is 3. The maximum absolute atomic E-state index is 12.2. The lowest BCUT2D eigenvalue weighted by atomic mass is 10.2. The first-order valence-corrected chi connectivity index (χ1v) is 6.95. The molecule has 1 aliphatic rings. The number of piperazine rings is 1. The maximum Gasteiger partial charge on any atom is 0.257 e. The molecule has 1 saturated heterocycles. The Bertz CT molecular complexity index is 604. The third-order valence-electron chi connectivity index (χ3n) is 3.74. The number of carbonyl (C=O) groups excluding carboxylic acids is 1. The number of nitrogens with one attached hydrogen (secondary N) is 1. The van der Waals surface area contributed by atoms with Gasteiger partial charge < -0.3 is 14.5 Å². The summed E-state index contributed by atoms with van der Waals surface area (Å²) in [6, 6.07) is 7.96. The third-order valence-corrected chi connectivity index (χ3v) is 3.74. The van der Waals surface area contributed by atoms with Gasteiger partial charge in [-0.2, -0.15) is 5.10 Å². The van der Waals surface area contributed by atoms with Crippen molar-refractivity contribution in [3.63, 3.8) is 0 Å². The summed E-state index contributed by atoms with van der Waals surface area (Å²) in [7, 11) is 1.68. The summed E-state index contributed by atoms with van der Waals surface area (Å²) in [6.45, 7) is 2.98. The number of amides is 1. The largest absolute Gasteiger partial charge is 0.495 e. The first kappa shape index (κ1) is 13.5. The first-order valence-electron chi connectivity index (χ1n) is 6.95. The highest BCUT2D eigenvalue weighted by Gasteiger charge is 2.23. The van der Waals surface area contributed by atoms with Crippen LogP contribution in [0.5, 0.6) is 5.75 Å². The number of hydrogen-bond acceptors (Lipinski definition) is 4. The first-order chi connectivity index (χ1) is 10.3. The molecule has 2 aromatic rings. The van der Waals surface area contributed by atoms with Crippen molar-refractivity contribution in [1.82, 2.24) is 15.1 Å². The van der Waals surface area contributed by atoms with Gasteiger partial charge in [-0.05, 0) is 12.1 Å². The van der Waals surface area contributed by atoms with Crippen LogP contribution in [0.1, 0.15) is 10.4 Å². The molecule has 0 bridgehead atoms. The molecule has 1 fully saturated rings. The molecule has 21 heavy (non-hydrogen) atoms. The van der Waals surface area contributed by atoms with E-state index in [2.05, 4.69) is 15.1 Å². The Labute approximate surface area is 123 Å². The Morgan fingerprint density at radius 3 is 2.67 bits per heavy atom. The summed E-state index contributed by atoms with van der Waals surface area (Å²) in [5.74, 6) is 0.899. The second kappa shape index (κ2) is 5.87. The van der Waals surface area contributed by atoms with Crippen LogP contribution in [-0.2, 0) is 0 Å². The Morgan fingerprint density at radius 2 is 2.00 bits per heavy atom. The molecular weight excluding hydrogens is 268 g/mol. The van der Waals surface area contributed by atoms with E-state index < -0.39 is 0 Å². The van der Waals surface area contributed by atoms with Crippen LogP contribution in [0.25, 0.3) is 0 Å². The van der Waals surface area contributed by atoms with E-state index in [0.717, 1.165) is 24.5 Å². The molecular formula is C15H18N4O2. The number of ether oxygens (including phenoxy) is 1. The summed E-state index contributed by atoms with van der Waals surface area (Å²) < 4.78 is 5.40. The van der Waals surface area contributed by atoms with Crippen LogP contribution in [0, 0.1) is 0 Å². The Hall–Kier alpha value is -2.50. The Morgan fingerprint density at radius 1 is 1.24 bits per heavy atom. The van der Waals surface area contributed by atoms with E-state index >= 15 is 0 Å². The molecule has 110 valence electrons. The molecule has 6 nitrogen and oxygen atoms in total. The van der Waals surface area contributed by atoms with Gasteiger partial charge in [-0.1, -0.05) is 12.1 Å². The van der Waals surface area contributed by atoms with Gasteiger partial charge >= 0.3 is 0 Å². The molecule has 2 heterocycles. The van der Waals surface area contributed by atoms with Gasteiger partial charge in [0.1, 0.15) is 5.75 Å². The van der Waals surface area contributed by atoms with E-state index in [-0.39, 0.29) is 5.91 Å². The molecule has 1 aliphatic heterocycles. The van der Waals surface area contributed by atoms with E-state index in [9.17, 15) is 4.79 Å². The predicted molar refractivity (Wildman–Crippen MR) is 79.7 cm³/mol. The number of carbonyl (C=O) groups is 1. The van der Waals surface area contributed by atoms with Crippen LogP contribution in [0.4, 0.5) is 5.69 Å². The third kappa shape index (κ3) is 2.69. The van der Waals surface area contributed by atoms with E-state index in [4.69, 9.17) is 4.74 Å². The Balaban J connectivity index is 1.66. The minimum absolute atomic E-state index is 0.0310. The summed E-state index contributed by atoms with van der Waals surface area (Å²) >= 11 is 0. The topological polar surface area (TPSA) is 61.5 Å². The highest BCUT2D eigenvalue weighted by atomic mass is 16.5. The number of methoxy groups -OCH3 is 1. The monoisotopic (exact) mass is 286 g/mol. The smallest absolute Gasteiger partial charge is 0.257 e. The van der Waals surface area contributed by atoms with Crippen LogP contribution in [0.2, 0.25) is 0 Å². The van der Waals surface area contributed by atoms with E-state index in [1.807, 2.05) is 29.2 Å². The second-order valence-corrected chi connectivity index (χ2v) is 4.94. The molecule has 0 unspecified atom stereocenters. The molecule has 6 heteroatoms. The fraction of sp³-hybridized carbons (Fsp3) is 0.333. The molecule has 1 aromatic carbocycles. The van der Waals surface area contributed by atoms with Crippen LogP contribution < -0.4 is 9.64 Å². The molecule has 3 rings (SSSR count). The van der Waals surface area contributed by atoms with Crippen molar-refractivity contribution >= 4 is 11.6 Å². The summed E-state index contributed by atoms with van der Waals surface area (Å²) in [5.41, 5.74) is 1.69. The summed E-state index contributed by atoms with van der Waals surface area (Å²) in [6.07, 6.45) is 3.20. The zero-order valence-corrected chi connectivity index (χ0v) is 12.0. The van der Waals surface area contributed by atoms with Crippen molar-refractivity contribution in [2.24, 2.45) is 0 Å². The van der Waals surface area contributed by atoms with Gasteiger partial charge in [0.05, 0.1) is 24.6 Å². The van der Waals surface area contributed by atoms with Crippen molar-refractivity contribution in [3.8, 4) is 5.75 Å². The van der Waals surface area contributed by atoms with Crippen LogP contribution >= 0.6 is 0 Å². The number of aromatic amines is 1. The number of nitrogens with zero attached hydrogens (tertiary/aromatic N) is 3. The maximum atomic E-state index is 12.2. The molecule has 0 saturated carbocycles. The predicted octanol–water partition coefficient (Wildman–Crippen LogP) is 1.38. The van der Waals surface area contributed by atoms with Crippen molar-refractivity contribution in [1.29, 1.82) is 0 Å². The number of hydrogen-bond donors (Lipinski definition) is 1. The number of aromatic nitrogens is 2. The second-order valence-electron chi connectivity index (χ2n) is 4.94. The van der Waals surface area contributed by atoms with Gasteiger partial charge in [0, 0.05) is 32.4 Å². The van der Waals surface area contributed by atoms with E-state index in [0.29, 0.717) is 18.7 Å². The SMILES string of the molecule is COc1ccccc1N1CCN(C(=O)c2cn[nH]c2)CC1. The average Bonchev–Trinajstić information content (AvgIpc) is 3.09. The lowest BCUT2D eigenvalue weighted by molar-refractivity contribution is 0.0747. The number of anilines is 1. The fourth-order valence-corrected chi connectivity index (χ4v) is 2.59. The van der Waals surface area contributed by atoms with E-state index in [1.165, 1.54) is 0 Å². The van der Waals surface area contributed by atoms with Gasteiger partial charge in [-0.15, -0.1) is 0 Å². The fourth-order valence-electron chi connectivity index (χ4n) is 2.59. The zero-order valence-electron chi connectivity index (χ0n) is 12.0. The minimum atomic E-state index is 0.0310. The molecule has 0 atom stereocenters. The van der Waals surface area contributed by atoms with E-state index in [1.54, 1.807) is 19.5 Å². The Kier molecular flexibility index (Phi) is 3.77. The average molecular weight is 286 g/mol. The number of H-pyrrole nitrogens is 1. The van der Waals surface area contributed by atoms with Crippen molar-refractivity contribution in [2.45, 2.75) is 0 Å². The van der Waals surface area contributed by atoms with Crippen LogP contribution in [0.3, 0.4) is 0 Å². The molecule has 0 radical (unpaired) electrons. The summed E-state index contributed by atoms with van der Waals surface area (Å²) in [5, 5.41) is 6.50. The van der Waals surface area contributed by atoms with Crippen LogP contribution in [-0.4, -0.2) is 54.3 Å². The quantitative estimate of drug-likeness (QED) is 0.926. The van der Waals surface area contributed by atoms with Gasteiger partial charge in [-0.3, -0.25) is 9.89 Å². The number of benzene rings is 1. The highest BCUT2D eigenvalue weighted by Crippen LogP contribution is 2.28. The van der Waals surface area contributed by atoms with Gasteiger partial charge in [0.15, 0.2) is 0 Å². The van der Waals surface area contributed by atoms with Gasteiger partial charge in [0.2, 0.25) is 0 Å². The molecule has 1 aromatic heterocycles. The van der Waals surface area contributed by atoms with Crippen LogP contribution in [0.15, 0.2) is 36.7 Å². The van der Waals surface area contributed by atoms with Crippen molar-refractivity contribution in [3.05, 3.63) is 42.2 Å². The lowest BCUT2D eigenvalue weighted by Gasteiger charge is -2.36. The number of para-hydroxylation sites is 2. The zero-order chi connectivity index (χ0) is 14.7. The standard InChI is InChI=1S/C15H18N4O2/c1-21-14-5-3-2-4-13(14)18-6-8-19(9-7-18)15(20)12-10-16-17-11-12/h2-5,10-11H,6-9H2,1H3,(H,16,17). The van der Waals surface area contributed by atoms with Gasteiger partial charge in [0.25, 0.3) is 5.91 Å². The molecule has 0 spiro atoms. The molecule has 1 N–H and O–H groups in total. The summed E-state index contributed by atoms with van der Waals surface area (Å²) in [4.78, 5) is 16.4. The lowest BCUT2D eigenvalue weighted by Crippen LogP contribution is -2.48. The van der Waals surface area contributed by atoms with Crippen molar-refractivity contribution < 1.29 is 9.53 Å². The normalized spacial score (nSPS) is 15.1. The highest BCUT2D eigenvalue weighted by molar-refractivity contribution is 5.93. The van der Waals surface area contributed by atoms with Crippen molar-refractivity contribution in [2.75, 3.05) is 38.2 Å².